The highest BCUT2D eigenvalue weighted by molar-refractivity contribution is 5.22. The molecule has 21 heavy (non-hydrogen) atoms. The first-order valence-electron chi connectivity index (χ1n) is 8.65. The first-order chi connectivity index (χ1) is 10.3. The SMILES string of the molecule is COCc1cccc(CNC2CCC3CCCCC3C2)c1. The van der Waals surface area contributed by atoms with Crippen LogP contribution in [0.3, 0.4) is 0 Å². The van der Waals surface area contributed by atoms with Crippen molar-refractivity contribution >= 4 is 0 Å². The van der Waals surface area contributed by atoms with Crippen molar-refractivity contribution in [1.29, 1.82) is 0 Å². The van der Waals surface area contributed by atoms with E-state index in [2.05, 4.69) is 29.6 Å². The van der Waals surface area contributed by atoms with Gasteiger partial charge in [-0.1, -0.05) is 49.9 Å². The van der Waals surface area contributed by atoms with E-state index in [0.717, 1.165) is 24.4 Å². The molecule has 2 heteroatoms. The number of ether oxygens (including phenoxy) is 1. The smallest absolute Gasteiger partial charge is 0.0713 e. The maximum Gasteiger partial charge on any atom is 0.0713 e. The molecule has 0 saturated heterocycles. The Kier molecular flexibility index (Phi) is 5.32. The van der Waals surface area contributed by atoms with Gasteiger partial charge in [0.15, 0.2) is 0 Å². The first kappa shape index (κ1) is 15.1. The third kappa shape index (κ3) is 4.08. The van der Waals surface area contributed by atoms with E-state index in [1.165, 1.54) is 56.1 Å². The molecule has 1 aromatic carbocycles. The van der Waals surface area contributed by atoms with Crippen LogP contribution < -0.4 is 5.32 Å². The topological polar surface area (TPSA) is 21.3 Å². The van der Waals surface area contributed by atoms with Crippen LogP contribution in [0.25, 0.3) is 0 Å². The van der Waals surface area contributed by atoms with E-state index in [-0.39, 0.29) is 0 Å². The van der Waals surface area contributed by atoms with Crippen molar-refractivity contribution in [2.24, 2.45) is 11.8 Å². The molecule has 2 aliphatic rings. The summed E-state index contributed by atoms with van der Waals surface area (Å²) >= 11 is 0. The Balaban J connectivity index is 1.49. The van der Waals surface area contributed by atoms with Crippen LogP contribution in [0, 0.1) is 11.8 Å². The summed E-state index contributed by atoms with van der Waals surface area (Å²) in [7, 11) is 1.76. The highest BCUT2D eigenvalue weighted by Gasteiger charge is 2.31. The van der Waals surface area contributed by atoms with E-state index in [0.29, 0.717) is 6.61 Å². The Morgan fingerprint density at radius 1 is 1.05 bits per heavy atom. The second kappa shape index (κ2) is 7.42. The number of nitrogens with one attached hydrogen (secondary N) is 1. The largest absolute Gasteiger partial charge is 0.380 e. The molecule has 0 heterocycles. The predicted molar refractivity (Wildman–Crippen MR) is 87.1 cm³/mol. The molecule has 0 radical (unpaired) electrons. The monoisotopic (exact) mass is 287 g/mol. The van der Waals surface area contributed by atoms with E-state index in [1.54, 1.807) is 7.11 Å². The summed E-state index contributed by atoms with van der Waals surface area (Å²) in [5.74, 6) is 2.05. The van der Waals surface area contributed by atoms with Crippen molar-refractivity contribution in [3.05, 3.63) is 35.4 Å². The van der Waals surface area contributed by atoms with Gasteiger partial charge >= 0.3 is 0 Å². The lowest BCUT2D eigenvalue weighted by Gasteiger charge is -2.39. The van der Waals surface area contributed by atoms with E-state index >= 15 is 0 Å². The zero-order chi connectivity index (χ0) is 14.5. The fourth-order valence-corrected chi connectivity index (χ4v) is 4.32. The molecular formula is C19H29NO. The van der Waals surface area contributed by atoms with Crippen LogP contribution in [0.5, 0.6) is 0 Å². The average Bonchev–Trinajstić information content (AvgIpc) is 2.53. The van der Waals surface area contributed by atoms with Crippen molar-refractivity contribution in [2.75, 3.05) is 7.11 Å². The lowest BCUT2D eigenvalue weighted by molar-refractivity contribution is 0.143. The summed E-state index contributed by atoms with van der Waals surface area (Å²) in [5, 5.41) is 3.80. The summed E-state index contributed by atoms with van der Waals surface area (Å²) in [6.07, 6.45) is 10.1. The highest BCUT2D eigenvalue weighted by Crippen LogP contribution is 2.40. The molecule has 0 bridgehead atoms. The Morgan fingerprint density at radius 2 is 1.86 bits per heavy atom. The predicted octanol–water partition coefficient (Wildman–Crippen LogP) is 4.28. The van der Waals surface area contributed by atoms with Gasteiger partial charge in [0.25, 0.3) is 0 Å². The standard InChI is InChI=1S/C19H29NO/c1-21-14-16-6-4-5-15(11-16)13-20-19-10-9-17-7-2-3-8-18(17)12-19/h4-6,11,17-20H,2-3,7-10,12-14H2,1H3. The number of rotatable bonds is 5. The maximum atomic E-state index is 5.22. The molecule has 2 nitrogen and oxygen atoms in total. The van der Waals surface area contributed by atoms with Gasteiger partial charge in [-0.05, 0) is 42.2 Å². The summed E-state index contributed by atoms with van der Waals surface area (Å²) in [6.45, 7) is 1.71. The van der Waals surface area contributed by atoms with Crippen LogP contribution >= 0.6 is 0 Å². The fraction of sp³-hybridized carbons (Fsp3) is 0.684. The van der Waals surface area contributed by atoms with E-state index in [1.807, 2.05) is 0 Å². The van der Waals surface area contributed by atoms with Gasteiger partial charge in [-0.2, -0.15) is 0 Å². The number of methoxy groups -OCH3 is 1. The van der Waals surface area contributed by atoms with Gasteiger partial charge in [0.05, 0.1) is 6.61 Å². The van der Waals surface area contributed by atoms with Gasteiger partial charge < -0.3 is 10.1 Å². The molecule has 1 aromatic rings. The number of hydrogen-bond donors (Lipinski definition) is 1. The second-order valence-corrected chi connectivity index (χ2v) is 6.95. The molecule has 2 saturated carbocycles. The molecular weight excluding hydrogens is 258 g/mol. The van der Waals surface area contributed by atoms with Crippen molar-refractivity contribution in [3.63, 3.8) is 0 Å². The number of hydrogen-bond acceptors (Lipinski definition) is 2. The molecule has 3 rings (SSSR count). The Hall–Kier alpha value is -0.860. The van der Waals surface area contributed by atoms with Crippen molar-refractivity contribution in [2.45, 2.75) is 64.1 Å². The van der Waals surface area contributed by atoms with E-state index < -0.39 is 0 Å². The molecule has 0 spiro atoms. The molecule has 0 amide bonds. The summed E-state index contributed by atoms with van der Waals surface area (Å²) in [6, 6.07) is 9.50. The minimum atomic E-state index is 0.709. The van der Waals surface area contributed by atoms with Gasteiger partial charge in [-0.3, -0.25) is 0 Å². The Morgan fingerprint density at radius 3 is 2.71 bits per heavy atom. The number of benzene rings is 1. The van der Waals surface area contributed by atoms with Crippen molar-refractivity contribution in [3.8, 4) is 0 Å². The molecule has 2 fully saturated rings. The lowest BCUT2D eigenvalue weighted by Crippen LogP contribution is -2.38. The summed E-state index contributed by atoms with van der Waals surface area (Å²) in [5.41, 5.74) is 2.66. The van der Waals surface area contributed by atoms with Crippen LogP contribution in [0.1, 0.15) is 56.1 Å². The lowest BCUT2D eigenvalue weighted by atomic mass is 9.69. The Labute approximate surface area is 129 Å². The van der Waals surface area contributed by atoms with E-state index in [9.17, 15) is 0 Å². The molecule has 1 N–H and O–H groups in total. The minimum absolute atomic E-state index is 0.709. The van der Waals surface area contributed by atoms with Crippen LogP contribution in [-0.4, -0.2) is 13.2 Å². The second-order valence-electron chi connectivity index (χ2n) is 6.95. The molecule has 3 unspecified atom stereocenters. The van der Waals surface area contributed by atoms with Gasteiger partial charge in [0.1, 0.15) is 0 Å². The summed E-state index contributed by atoms with van der Waals surface area (Å²) < 4.78 is 5.22. The van der Waals surface area contributed by atoms with Gasteiger partial charge in [0, 0.05) is 19.7 Å². The zero-order valence-corrected chi connectivity index (χ0v) is 13.3. The molecule has 2 aliphatic carbocycles. The van der Waals surface area contributed by atoms with Gasteiger partial charge in [-0.15, -0.1) is 0 Å². The van der Waals surface area contributed by atoms with Crippen LogP contribution in [0.4, 0.5) is 0 Å². The average molecular weight is 287 g/mol. The number of fused-ring (bicyclic) bond motifs is 1. The van der Waals surface area contributed by atoms with Crippen molar-refractivity contribution < 1.29 is 4.74 Å². The third-order valence-corrected chi connectivity index (χ3v) is 5.44. The molecule has 0 aliphatic heterocycles. The van der Waals surface area contributed by atoms with Gasteiger partial charge in [-0.25, -0.2) is 0 Å². The maximum absolute atomic E-state index is 5.22. The van der Waals surface area contributed by atoms with Crippen LogP contribution in [-0.2, 0) is 17.9 Å². The minimum Gasteiger partial charge on any atom is -0.380 e. The summed E-state index contributed by atoms with van der Waals surface area (Å²) in [4.78, 5) is 0. The fourth-order valence-electron chi connectivity index (χ4n) is 4.32. The molecule has 0 aromatic heterocycles. The highest BCUT2D eigenvalue weighted by atomic mass is 16.5. The van der Waals surface area contributed by atoms with Gasteiger partial charge in [0.2, 0.25) is 0 Å². The Bertz CT molecular complexity index is 445. The first-order valence-corrected chi connectivity index (χ1v) is 8.65. The quantitative estimate of drug-likeness (QED) is 0.872. The van der Waals surface area contributed by atoms with Crippen LogP contribution in [0.2, 0.25) is 0 Å². The zero-order valence-electron chi connectivity index (χ0n) is 13.3. The normalized spacial score (nSPS) is 29.1. The van der Waals surface area contributed by atoms with Crippen LogP contribution in [0.15, 0.2) is 24.3 Å². The van der Waals surface area contributed by atoms with Crippen molar-refractivity contribution in [1.82, 2.24) is 5.32 Å². The molecule has 116 valence electrons. The molecule has 3 atom stereocenters. The van der Waals surface area contributed by atoms with E-state index in [4.69, 9.17) is 4.74 Å². The third-order valence-electron chi connectivity index (χ3n) is 5.44.